The summed E-state index contributed by atoms with van der Waals surface area (Å²) in [5.41, 5.74) is 1.27. The highest BCUT2D eigenvalue weighted by molar-refractivity contribution is 5.74. The molecule has 6 nitrogen and oxygen atoms in total. The van der Waals surface area contributed by atoms with Gasteiger partial charge in [0.05, 0.1) is 13.7 Å². The van der Waals surface area contributed by atoms with E-state index in [0.29, 0.717) is 30.1 Å². The molecule has 3 rings (SSSR count). The van der Waals surface area contributed by atoms with Crippen LogP contribution in [-0.4, -0.2) is 62.8 Å². The maximum absolute atomic E-state index is 12.7. The number of carbonyl (C=O) groups excluding carboxylic acids is 1. The number of hydrogen-bond donors (Lipinski definition) is 1. The van der Waals surface area contributed by atoms with Crippen LogP contribution >= 0.6 is 0 Å². The van der Waals surface area contributed by atoms with E-state index in [1.54, 1.807) is 7.11 Å². The fraction of sp³-hybridized carbons (Fsp3) is 0.650. The fourth-order valence-corrected chi connectivity index (χ4v) is 4.06. The lowest BCUT2D eigenvalue weighted by Gasteiger charge is -2.37. The third-order valence-corrected chi connectivity index (χ3v) is 5.77. The molecule has 0 aliphatic carbocycles. The number of piperidine rings is 1. The molecule has 0 bridgehead atoms. The number of hydrogen-bond acceptors (Lipinski definition) is 4. The maximum atomic E-state index is 12.7. The van der Waals surface area contributed by atoms with Gasteiger partial charge in [-0.25, -0.2) is 4.79 Å². The highest BCUT2D eigenvalue weighted by Gasteiger charge is 2.41. The van der Waals surface area contributed by atoms with Gasteiger partial charge >= 0.3 is 6.03 Å². The lowest BCUT2D eigenvalue weighted by molar-refractivity contribution is 0.128. The van der Waals surface area contributed by atoms with Gasteiger partial charge in [-0.3, -0.25) is 0 Å². The first-order chi connectivity index (χ1) is 12.6. The molecule has 0 atom stereocenters. The molecular formula is C20H31N3O3. The lowest BCUT2D eigenvalue weighted by Crippen LogP contribution is -2.43. The van der Waals surface area contributed by atoms with Crippen LogP contribution in [0.2, 0.25) is 0 Å². The van der Waals surface area contributed by atoms with Gasteiger partial charge < -0.3 is 24.6 Å². The number of nitrogens with zero attached hydrogens (tertiary/aromatic N) is 2. The van der Waals surface area contributed by atoms with Crippen molar-refractivity contribution in [2.75, 3.05) is 46.9 Å². The van der Waals surface area contributed by atoms with Gasteiger partial charge in [-0.2, -0.15) is 0 Å². The molecule has 1 aromatic carbocycles. The number of para-hydroxylation sites is 1. The monoisotopic (exact) mass is 361 g/mol. The SMILES string of the molecule is CCOc1c(CNC(=O)N2CCC3(CCN(C)CC3)C2)cccc1OC. The zero-order chi connectivity index (χ0) is 18.6. The summed E-state index contributed by atoms with van der Waals surface area (Å²) in [4.78, 5) is 17.0. The average Bonchev–Trinajstić information content (AvgIpc) is 3.07. The van der Waals surface area contributed by atoms with Gasteiger partial charge in [0.2, 0.25) is 0 Å². The third-order valence-electron chi connectivity index (χ3n) is 5.77. The Morgan fingerprint density at radius 2 is 1.96 bits per heavy atom. The first-order valence-corrected chi connectivity index (χ1v) is 9.57. The van der Waals surface area contributed by atoms with E-state index in [4.69, 9.17) is 9.47 Å². The molecule has 144 valence electrons. The van der Waals surface area contributed by atoms with Crippen LogP contribution in [0, 0.1) is 5.41 Å². The van der Waals surface area contributed by atoms with Crippen molar-refractivity contribution in [1.29, 1.82) is 0 Å². The Bertz CT molecular complexity index is 627. The standard InChI is InChI=1S/C20H31N3O3/c1-4-26-18-16(6-5-7-17(18)25-3)14-21-19(24)23-13-10-20(15-23)8-11-22(2)12-9-20/h5-7H,4,8-15H2,1-3H3,(H,21,24). The summed E-state index contributed by atoms with van der Waals surface area (Å²) >= 11 is 0. The quantitative estimate of drug-likeness (QED) is 0.876. The summed E-state index contributed by atoms with van der Waals surface area (Å²) in [7, 11) is 3.81. The van der Waals surface area contributed by atoms with Gasteiger partial charge in [-0.1, -0.05) is 12.1 Å². The summed E-state index contributed by atoms with van der Waals surface area (Å²) in [6, 6.07) is 5.79. The summed E-state index contributed by atoms with van der Waals surface area (Å²) < 4.78 is 11.1. The summed E-state index contributed by atoms with van der Waals surface area (Å²) in [6.45, 7) is 6.95. The molecule has 0 unspecified atom stereocenters. The number of ether oxygens (including phenoxy) is 2. The topological polar surface area (TPSA) is 54.0 Å². The van der Waals surface area contributed by atoms with E-state index in [0.717, 1.165) is 38.2 Å². The minimum absolute atomic E-state index is 0.0195. The Morgan fingerprint density at radius 1 is 1.23 bits per heavy atom. The van der Waals surface area contributed by atoms with Crippen LogP contribution < -0.4 is 14.8 Å². The molecule has 2 aliphatic rings. The van der Waals surface area contributed by atoms with Crippen LogP contribution in [0.3, 0.4) is 0 Å². The zero-order valence-electron chi connectivity index (χ0n) is 16.2. The molecule has 1 aromatic rings. The zero-order valence-corrected chi connectivity index (χ0v) is 16.2. The smallest absolute Gasteiger partial charge is 0.317 e. The number of nitrogens with one attached hydrogen (secondary N) is 1. The van der Waals surface area contributed by atoms with E-state index in [-0.39, 0.29) is 6.03 Å². The van der Waals surface area contributed by atoms with E-state index in [1.807, 2.05) is 30.0 Å². The molecule has 26 heavy (non-hydrogen) atoms. The van der Waals surface area contributed by atoms with Crippen molar-refractivity contribution in [1.82, 2.24) is 15.1 Å². The number of amides is 2. The number of methoxy groups -OCH3 is 1. The van der Waals surface area contributed by atoms with Crippen LogP contribution in [0.15, 0.2) is 18.2 Å². The molecule has 1 N–H and O–H groups in total. The van der Waals surface area contributed by atoms with E-state index in [2.05, 4.69) is 17.3 Å². The van der Waals surface area contributed by atoms with E-state index >= 15 is 0 Å². The summed E-state index contributed by atoms with van der Waals surface area (Å²) in [6.07, 6.45) is 3.51. The van der Waals surface area contributed by atoms with Gasteiger partial charge in [0, 0.05) is 25.2 Å². The van der Waals surface area contributed by atoms with Gasteiger partial charge in [0.25, 0.3) is 0 Å². The largest absolute Gasteiger partial charge is 0.493 e. The van der Waals surface area contributed by atoms with Crippen molar-refractivity contribution >= 4 is 6.03 Å². The molecule has 0 saturated carbocycles. The van der Waals surface area contributed by atoms with Crippen LogP contribution in [0.1, 0.15) is 31.7 Å². The summed E-state index contributed by atoms with van der Waals surface area (Å²) in [5.74, 6) is 1.41. The van der Waals surface area contributed by atoms with Crippen molar-refractivity contribution in [3.8, 4) is 11.5 Å². The third kappa shape index (κ3) is 4.06. The average molecular weight is 361 g/mol. The second kappa shape index (κ2) is 8.16. The number of carbonyl (C=O) groups is 1. The molecule has 2 aliphatic heterocycles. The molecule has 0 radical (unpaired) electrons. The minimum Gasteiger partial charge on any atom is -0.493 e. The van der Waals surface area contributed by atoms with Crippen molar-refractivity contribution in [3.05, 3.63) is 23.8 Å². The van der Waals surface area contributed by atoms with Crippen molar-refractivity contribution in [2.24, 2.45) is 5.41 Å². The number of rotatable bonds is 5. The summed E-state index contributed by atoms with van der Waals surface area (Å²) in [5, 5.41) is 3.06. The molecule has 2 heterocycles. The molecule has 1 spiro atoms. The normalized spacial score (nSPS) is 19.6. The van der Waals surface area contributed by atoms with Gasteiger partial charge in [0.15, 0.2) is 11.5 Å². The second-order valence-corrected chi connectivity index (χ2v) is 7.52. The van der Waals surface area contributed by atoms with E-state index in [9.17, 15) is 4.79 Å². The first-order valence-electron chi connectivity index (χ1n) is 9.57. The van der Waals surface area contributed by atoms with Crippen LogP contribution in [-0.2, 0) is 6.54 Å². The predicted octanol–water partition coefficient (Wildman–Crippen LogP) is 2.72. The van der Waals surface area contributed by atoms with Crippen molar-refractivity contribution < 1.29 is 14.3 Å². The van der Waals surface area contributed by atoms with E-state index in [1.165, 1.54) is 12.8 Å². The highest BCUT2D eigenvalue weighted by Crippen LogP contribution is 2.40. The predicted molar refractivity (Wildman–Crippen MR) is 102 cm³/mol. The second-order valence-electron chi connectivity index (χ2n) is 7.52. The molecule has 2 saturated heterocycles. The number of urea groups is 1. The Kier molecular flexibility index (Phi) is 5.91. The first kappa shape index (κ1) is 18.8. The van der Waals surface area contributed by atoms with Crippen LogP contribution in [0.4, 0.5) is 4.79 Å². The molecule has 2 fully saturated rings. The van der Waals surface area contributed by atoms with Crippen LogP contribution in [0.5, 0.6) is 11.5 Å². The van der Waals surface area contributed by atoms with Gasteiger partial charge in [0.1, 0.15) is 0 Å². The molecule has 0 aromatic heterocycles. The molecule has 6 heteroatoms. The Balaban J connectivity index is 1.58. The molecule has 2 amide bonds. The lowest BCUT2D eigenvalue weighted by atomic mass is 9.78. The number of benzene rings is 1. The van der Waals surface area contributed by atoms with Gasteiger partial charge in [-0.15, -0.1) is 0 Å². The van der Waals surface area contributed by atoms with Crippen molar-refractivity contribution in [2.45, 2.75) is 32.7 Å². The van der Waals surface area contributed by atoms with E-state index < -0.39 is 0 Å². The molecular weight excluding hydrogens is 330 g/mol. The highest BCUT2D eigenvalue weighted by atomic mass is 16.5. The number of likely N-dealkylation sites (tertiary alicyclic amines) is 2. The fourth-order valence-electron chi connectivity index (χ4n) is 4.06. The Morgan fingerprint density at radius 3 is 2.65 bits per heavy atom. The maximum Gasteiger partial charge on any atom is 0.317 e. The minimum atomic E-state index is 0.0195. The Hall–Kier alpha value is -1.95. The van der Waals surface area contributed by atoms with Crippen LogP contribution in [0.25, 0.3) is 0 Å². The van der Waals surface area contributed by atoms with Crippen molar-refractivity contribution in [3.63, 3.8) is 0 Å². The van der Waals surface area contributed by atoms with Gasteiger partial charge in [-0.05, 0) is 57.8 Å². The Labute approximate surface area is 156 Å².